The van der Waals surface area contributed by atoms with Gasteiger partial charge in [0, 0.05) is 38.3 Å². The minimum Gasteiger partial charge on any atom is -0.326 e. The maximum atomic E-state index is 6.03. The van der Waals surface area contributed by atoms with Crippen molar-refractivity contribution in [3.05, 3.63) is 0 Å². The smallest absolute Gasteiger partial charge is 0.0219 e. The average molecular weight is 185 g/mol. The van der Waals surface area contributed by atoms with E-state index < -0.39 is 0 Å². The van der Waals surface area contributed by atoms with E-state index in [9.17, 15) is 0 Å². The van der Waals surface area contributed by atoms with Crippen LogP contribution in [0.25, 0.3) is 0 Å². The maximum absolute atomic E-state index is 6.03. The molecular formula is C10H23N3. The van der Waals surface area contributed by atoms with E-state index >= 15 is 0 Å². The molecule has 0 aliphatic carbocycles. The van der Waals surface area contributed by atoms with Crippen molar-refractivity contribution < 1.29 is 0 Å². The van der Waals surface area contributed by atoms with E-state index in [0.29, 0.717) is 12.1 Å². The third-order valence-electron chi connectivity index (χ3n) is 3.20. The van der Waals surface area contributed by atoms with Gasteiger partial charge in [-0.3, -0.25) is 4.90 Å². The summed E-state index contributed by atoms with van der Waals surface area (Å²) in [6.07, 6.45) is 1.08. The van der Waals surface area contributed by atoms with Crippen LogP contribution in [0.3, 0.4) is 0 Å². The Morgan fingerprint density at radius 1 is 1.23 bits per heavy atom. The molecule has 0 aromatic carbocycles. The van der Waals surface area contributed by atoms with Crippen LogP contribution in [0.5, 0.6) is 0 Å². The van der Waals surface area contributed by atoms with Crippen LogP contribution in [0.15, 0.2) is 0 Å². The van der Waals surface area contributed by atoms with E-state index in [1.807, 2.05) is 0 Å². The summed E-state index contributed by atoms with van der Waals surface area (Å²) < 4.78 is 0. The lowest BCUT2D eigenvalue weighted by atomic mass is 10.1. The molecule has 1 aliphatic rings. The summed E-state index contributed by atoms with van der Waals surface area (Å²) >= 11 is 0. The van der Waals surface area contributed by atoms with Crippen molar-refractivity contribution in [3.8, 4) is 0 Å². The van der Waals surface area contributed by atoms with Gasteiger partial charge in [0.25, 0.3) is 0 Å². The van der Waals surface area contributed by atoms with Gasteiger partial charge in [0.1, 0.15) is 0 Å². The predicted molar refractivity (Wildman–Crippen MR) is 56.8 cm³/mol. The first-order valence-electron chi connectivity index (χ1n) is 5.33. The Kier molecular flexibility index (Phi) is 4.16. The predicted octanol–water partition coefficient (Wildman–Crippen LogP) is 0.360. The largest absolute Gasteiger partial charge is 0.326 e. The van der Waals surface area contributed by atoms with Crippen LogP contribution in [0.4, 0.5) is 0 Å². The molecule has 0 radical (unpaired) electrons. The van der Waals surface area contributed by atoms with Gasteiger partial charge >= 0.3 is 0 Å². The Labute approximate surface area is 81.9 Å². The minimum absolute atomic E-state index is 0.336. The SMILES string of the molecule is CCC(N)C(C)N1CCN(C)CC1. The number of nitrogens with two attached hydrogens (primary N) is 1. The number of rotatable bonds is 3. The molecule has 2 unspecified atom stereocenters. The molecule has 0 aromatic heterocycles. The molecule has 78 valence electrons. The van der Waals surface area contributed by atoms with Crippen molar-refractivity contribution in [1.29, 1.82) is 0 Å². The van der Waals surface area contributed by atoms with Gasteiger partial charge in [0.15, 0.2) is 0 Å². The second kappa shape index (κ2) is 4.94. The summed E-state index contributed by atoms with van der Waals surface area (Å²) in [7, 11) is 2.18. The highest BCUT2D eigenvalue weighted by atomic mass is 15.3. The van der Waals surface area contributed by atoms with Crippen molar-refractivity contribution in [2.45, 2.75) is 32.4 Å². The van der Waals surface area contributed by atoms with Gasteiger partial charge in [0.05, 0.1) is 0 Å². The molecule has 1 saturated heterocycles. The fourth-order valence-corrected chi connectivity index (χ4v) is 1.84. The van der Waals surface area contributed by atoms with Gasteiger partial charge in [-0.25, -0.2) is 0 Å². The third-order valence-corrected chi connectivity index (χ3v) is 3.20. The first-order chi connectivity index (χ1) is 6.15. The average Bonchev–Trinajstić information content (AvgIpc) is 2.17. The van der Waals surface area contributed by atoms with Crippen molar-refractivity contribution in [1.82, 2.24) is 9.80 Å². The monoisotopic (exact) mass is 185 g/mol. The number of nitrogens with zero attached hydrogens (tertiary/aromatic N) is 2. The van der Waals surface area contributed by atoms with Crippen molar-refractivity contribution in [2.75, 3.05) is 33.2 Å². The number of likely N-dealkylation sites (N-methyl/N-ethyl adjacent to an activating group) is 1. The first-order valence-corrected chi connectivity index (χ1v) is 5.33. The van der Waals surface area contributed by atoms with E-state index in [1.54, 1.807) is 0 Å². The second-order valence-electron chi connectivity index (χ2n) is 4.15. The molecule has 2 atom stereocenters. The normalized spacial score (nSPS) is 25.8. The maximum Gasteiger partial charge on any atom is 0.0219 e. The molecule has 0 spiro atoms. The topological polar surface area (TPSA) is 32.5 Å². The Morgan fingerprint density at radius 3 is 2.23 bits per heavy atom. The lowest BCUT2D eigenvalue weighted by Crippen LogP contribution is -2.53. The fourth-order valence-electron chi connectivity index (χ4n) is 1.84. The number of piperazine rings is 1. The molecular weight excluding hydrogens is 162 g/mol. The Balaban J connectivity index is 2.35. The third kappa shape index (κ3) is 2.93. The molecule has 1 rings (SSSR count). The van der Waals surface area contributed by atoms with E-state index in [-0.39, 0.29) is 0 Å². The molecule has 0 aromatic rings. The molecule has 0 amide bonds. The van der Waals surface area contributed by atoms with E-state index in [4.69, 9.17) is 5.73 Å². The van der Waals surface area contributed by atoms with Gasteiger partial charge in [-0.05, 0) is 20.4 Å². The highest BCUT2D eigenvalue weighted by Crippen LogP contribution is 2.08. The van der Waals surface area contributed by atoms with Crippen LogP contribution in [0.2, 0.25) is 0 Å². The van der Waals surface area contributed by atoms with Gasteiger partial charge in [0.2, 0.25) is 0 Å². The second-order valence-corrected chi connectivity index (χ2v) is 4.15. The lowest BCUT2D eigenvalue weighted by molar-refractivity contribution is 0.105. The quantitative estimate of drug-likeness (QED) is 0.689. The molecule has 3 heteroatoms. The summed E-state index contributed by atoms with van der Waals surface area (Å²) in [6.45, 7) is 9.12. The molecule has 1 fully saturated rings. The van der Waals surface area contributed by atoms with Crippen LogP contribution in [0, 0.1) is 0 Å². The van der Waals surface area contributed by atoms with Crippen LogP contribution in [-0.4, -0.2) is 55.1 Å². The summed E-state index contributed by atoms with van der Waals surface area (Å²) in [5, 5.41) is 0. The van der Waals surface area contributed by atoms with Gasteiger partial charge < -0.3 is 10.6 Å². The van der Waals surface area contributed by atoms with Crippen molar-refractivity contribution in [3.63, 3.8) is 0 Å². The molecule has 13 heavy (non-hydrogen) atoms. The van der Waals surface area contributed by atoms with Crippen LogP contribution in [-0.2, 0) is 0 Å². The van der Waals surface area contributed by atoms with E-state index in [1.165, 1.54) is 26.2 Å². The zero-order valence-corrected chi connectivity index (χ0v) is 9.16. The summed E-state index contributed by atoms with van der Waals surface area (Å²) in [6, 6.07) is 0.877. The summed E-state index contributed by atoms with van der Waals surface area (Å²) in [4.78, 5) is 4.88. The standard InChI is InChI=1S/C10H23N3/c1-4-10(11)9(2)13-7-5-12(3)6-8-13/h9-10H,4-8,11H2,1-3H3. The zero-order valence-electron chi connectivity index (χ0n) is 9.16. The fraction of sp³-hybridized carbons (Fsp3) is 1.00. The van der Waals surface area contributed by atoms with Gasteiger partial charge in [-0.1, -0.05) is 6.92 Å². The zero-order chi connectivity index (χ0) is 9.84. The highest BCUT2D eigenvalue weighted by molar-refractivity contribution is 4.80. The highest BCUT2D eigenvalue weighted by Gasteiger charge is 2.22. The van der Waals surface area contributed by atoms with Crippen LogP contribution < -0.4 is 5.73 Å². The summed E-state index contributed by atoms with van der Waals surface area (Å²) in [5.74, 6) is 0. The molecule has 1 heterocycles. The summed E-state index contributed by atoms with van der Waals surface area (Å²) in [5.41, 5.74) is 6.03. The molecule has 3 nitrogen and oxygen atoms in total. The van der Waals surface area contributed by atoms with Crippen molar-refractivity contribution in [2.24, 2.45) is 5.73 Å². The van der Waals surface area contributed by atoms with Crippen molar-refractivity contribution >= 4 is 0 Å². The Hall–Kier alpha value is -0.120. The number of hydrogen-bond donors (Lipinski definition) is 1. The van der Waals surface area contributed by atoms with Crippen LogP contribution in [0.1, 0.15) is 20.3 Å². The van der Waals surface area contributed by atoms with E-state index in [2.05, 4.69) is 30.7 Å². The van der Waals surface area contributed by atoms with Crippen LogP contribution >= 0.6 is 0 Å². The first kappa shape index (κ1) is 11.0. The van der Waals surface area contributed by atoms with Gasteiger partial charge in [-0.2, -0.15) is 0 Å². The molecule has 0 bridgehead atoms. The van der Waals surface area contributed by atoms with E-state index in [0.717, 1.165) is 6.42 Å². The number of hydrogen-bond acceptors (Lipinski definition) is 3. The van der Waals surface area contributed by atoms with Gasteiger partial charge in [-0.15, -0.1) is 0 Å². The molecule has 0 saturated carbocycles. The lowest BCUT2D eigenvalue weighted by Gasteiger charge is -2.38. The Morgan fingerprint density at radius 2 is 1.77 bits per heavy atom. The molecule has 1 aliphatic heterocycles. The Bertz CT molecular complexity index is 141. The minimum atomic E-state index is 0.336. The molecule has 2 N–H and O–H groups in total.